The maximum Gasteiger partial charge on any atom is 0.129 e. The highest BCUT2D eigenvalue weighted by Gasteiger charge is 2.28. The molecule has 0 radical (unpaired) electrons. The maximum absolute atomic E-state index is 13.7. The molecule has 1 fully saturated rings. The van der Waals surface area contributed by atoms with Crippen LogP contribution in [0.3, 0.4) is 0 Å². The maximum atomic E-state index is 13.7. The van der Waals surface area contributed by atoms with Gasteiger partial charge in [0.25, 0.3) is 0 Å². The summed E-state index contributed by atoms with van der Waals surface area (Å²) in [7, 11) is 0. The molecule has 0 spiro atoms. The minimum Gasteiger partial charge on any atom is -0.488 e. The van der Waals surface area contributed by atoms with Gasteiger partial charge in [-0.1, -0.05) is 56.2 Å². The highest BCUT2D eigenvalue weighted by molar-refractivity contribution is 5.92. The highest BCUT2D eigenvalue weighted by Crippen LogP contribution is 2.44. The van der Waals surface area contributed by atoms with Crippen molar-refractivity contribution in [1.82, 2.24) is 4.57 Å². The van der Waals surface area contributed by atoms with Crippen LogP contribution in [0.25, 0.3) is 16.6 Å². The van der Waals surface area contributed by atoms with Crippen LogP contribution < -0.4 is 4.74 Å². The molecule has 0 N–H and O–H groups in total. The molecule has 0 amide bonds. The molecule has 0 saturated heterocycles. The van der Waals surface area contributed by atoms with E-state index >= 15 is 0 Å². The van der Waals surface area contributed by atoms with E-state index < -0.39 is 0 Å². The molecule has 164 valence electrons. The standard InChI is InChI=1S/C29H30FNO/c1-20-11-13-23(14-12-20)29-21(2)28-26(31(29)25-17-15-24(30)16-18-25)9-6-10-27(28)32-19-22-7-4-3-5-8-22/h3-10,15-18,20,23H,11-14,19H2,1-2H3. The Morgan fingerprint density at radius 3 is 2.31 bits per heavy atom. The predicted molar refractivity (Wildman–Crippen MR) is 129 cm³/mol. The van der Waals surface area contributed by atoms with Gasteiger partial charge in [0.15, 0.2) is 0 Å². The summed E-state index contributed by atoms with van der Waals surface area (Å²) in [5, 5.41) is 1.17. The summed E-state index contributed by atoms with van der Waals surface area (Å²) in [5.41, 5.74) is 5.94. The predicted octanol–water partition coefficient (Wildman–Crippen LogP) is 7.95. The first-order valence-corrected chi connectivity index (χ1v) is 11.7. The number of rotatable bonds is 5. The van der Waals surface area contributed by atoms with E-state index in [0.29, 0.717) is 12.5 Å². The van der Waals surface area contributed by atoms with Crippen molar-refractivity contribution in [3.8, 4) is 11.4 Å². The van der Waals surface area contributed by atoms with Gasteiger partial charge in [0, 0.05) is 16.8 Å². The molecule has 5 rings (SSSR count). The van der Waals surface area contributed by atoms with E-state index in [4.69, 9.17) is 4.74 Å². The van der Waals surface area contributed by atoms with Crippen molar-refractivity contribution < 1.29 is 9.13 Å². The quantitative estimate of drug-likeness (QED) is 0.315. The van der Waals surface area contributed by atoms with E-state index in [-0.39, 0.29) is 5.82 Å². The normalized spacial score (nSPS) is 18.7. The molecule has 0 bridgehead atoms. The fraction of sp³-hybridized carbons (Fsp3) is 0.310. The first-order valence-electron chi connectivity index (χ1n) is 11.7. The number of fused-ring (bicyclic) bond motifs is 1. The van der Waals surface area contributed by atoms with Gasteiger partial charge in [-0.3, -0.25) is 0 Å². The van der Waals surface area contributed by atoms with Crippen LogP contribution in [0.15, 0.2) is 72.8 Å². The Bertz CT molecular complexity index is 1200. The number of hydrogen-bond donors (Lipinski definition) is 0. The summed E-state index contributed by atoms with van der Waals surface area (Å²) >= 11 is 0. The smallest absolute Gasteiger partial charge is 0.129 e. The van der Waals surface area contributed by atoms with E-state index in [9.17, 15) is 4.39 Å². The van der Waals surface area contributed by atoms with Gasteiger partial charge < -0.3 is 9.30 Å². The van der Waals surface area contributed by atoms with Crippen LogP contribution in [0.4, 0.5) is 4.39 Å². The third kappa shape index (κ3) is 3.92. The lowest BCUT2D eigenvalue weighted by Crippen LogP contribution is -2.15. The molecule has 3 heteroatoms. The van der Waals surface area contributed by atoms with E-state index in [2.05, 4.69) is 48.7 Å². The van der Waals surface area contributed by atoms with E-state index in [1.165, 1.54) is 42.3 Å². The summed E-state index contributed by atoms with van der Waals surface area (Å²) in [6.45, 7) is 5.12. The van der Waals surface area contributed by atoms with Crippen molar-refractivity contribution in [3.63, 3.8) is 0 Å². The Balaban J connectivity index is 1.63. The zero-order valence-corrected chi connectivity index (χ0v) is 18.9. The van der Waals surface area contributed by atoms with Gasteiger partial charge in [-0.25, -0.2) is 4.39 Å². The lowest BCUT2D eigenvalue weighted by Gasteiger charge is -2.28. The Labute approximate surface area is 189 Å². The average Bonchev–Trinajstić information content (AvgIpc) is 3.12. The number of ether oxygens (including phenoxy) is 1. The Morgan fingerprint density at radius 2 is 1.59 bits per heavy atom. The molecule has 1 saturated carbocycles. The molecule has 3 aromatic carbocycles. The van der Waals surface area contributed by atoms with Crippen molar-refractivity contribution in [1.29, 1.82) is 0 Å². The molecule has 2 nitrogen and oxygen atoms in total. The molecule has 1 aliphatic rings. The van der Waals surface area contributed by atoms with Gasteiger partial charge >= 0.3 is 0 Å². The Hall–Kier alpha value is -3.07. The van der Waals surface area contributed by atoms with Gasteiger partial charge in [-0.05, 0) is 79.1 Å². The van der Waals surface area contributed by atoms with Crippen LogP contribution in [0.5, 0.6) is 5.75 Å². The van der Waals surface area contributed by atoms with Crippen LogP contribution in [-0.2, 0) is 6.61 Å². The second-order valence-electron chi connectivity index (χ2n) is 9.20. The minimum atomic E-state index is -0.207. The molecule has 0 atom stereocenters. The number of nitrogens with zero attached hydrogens (tertiary/aromatic N) is 1. The Kier molecular flexibility index (Phi) is 5.73. The van der Waals surface area contributed by atoms with Crippen molar-refractivity contribution in [2.45, 2.75) is 52.1 Å². The van der Waals surface area contributed by atoms with E-state index in [0.717, 1.165) is 28.4 Å². The fourth-order valence-electron chi connectivity index (χ4n) is 5.25. The first-order chi connectivity index (χ1) is 15.6. The number of halogens is 1. The third-order valence-electron chi connectivity index (χ3n) is 6.97. The van der Waals surface area contributed by atoms with Crippen LogP contribution in [0.1, 0.15) is 55.3 Å². The van der Waals surface area contributed by atoms with Crippen molar-refractivity contribution in [2.75, 3.05) is 0 Å². The van der Waals surface area contributed by atoms with Gasteiger partial charge in [-0.2, -0.15) is 0 Å². The summed E-state index contributed by atoms with van der Waals surface area (Å²) < 4.78 is 22.4. The van der Waals surface area contributed by atoms with Crippen LogP contribution in [-0.4, -0.2) is 4.57 Å². The minimum absolute atomic E-state index is 0.207. The number of aryl methyl sites for hydroxylation is 1. The Morgan fingerprint density at radius 1 is 0.875 bits per heavy atom. The van der Waals surface area contributed by atoms with Crippen molar-refractivity contribution in [3.05, 3.63) is 95.4 Å². The molecule has 32 heavy (non-hydrogen) atoms. The number of benzene rings is 3. The monoisotopic (exact) mass is 427 g/mol. The van der Waals surface area contributed by atoms with E-state index in [1.54, 1.807) is 12.1 Å². The molecule has 4 aromatic rings. The van der Waals surface area contributed by atoms with Gasteiger partial charge in [0.1, 0.15) is 18.2 Å². The lowest BCUT2D eigenvalue weighted by molar-refractivity contribution is 0.310. The van der Waals surface area contributed by atoms with Gasteiger partial charge in [0.2, 0.25) is 0 Å². The summed E-state index contributed by atoms with van der Waals surface area (Å²) in [5.74, 6) is 2.00. The molecule has 0 aliphatic heterocycles. The zero-order valence-electron chi connectivity index (χ0n) is 18.9. The second-order valence-corrected chi connectivity index (χ2v) is 9.20. The van der Waals surface area contributed by atoms with Crippen LogP contribution in [0.2, 0.25) is 0 Å². The summed E-state index contributed by atoms with van der Waals surface area (Å²) in [4.78, 5) is 0. The molecule has 0 unspecified atom stereocenters. The number of aromatic nitrogens is 1. The number of hydrogen-bond acceptors (Lipinski definition) is 1. The van der Waals surface area contributed by atoms with Crippen LogP contribution in [0, 0.1) is 18.7 Å². The van der Waals surface area contributed by atoms with E-state index in [1.807, 2.05) is 30.3 Å². The lowest BCUT2D eigenvalue weighted by atomic mass is 9.80. The zero-order chi connectivity index (χ0) is 22.1. The fourth-order valence-corrected chi connectivity index (χ4v) is 5.25. The topological polar surface area (TPSA) is 14.2 Å². The SMILES string of the molecule is Cc1c(C2CCC(C)CC2)n(-c2ccc(F)cc2)c2cccc(OCc3ccccc3)c12. The second kappa shape index (κ2) is 8.82. The average molecular weight is 428 g/mol. The third-order valence-corrected chi connectivity index (χ3v) is 6.97. The van der Waals surface area contributed by atoms with Crippen molar-refractivity contribution >= 4 is 10.9 Å². The highest BCUT2D eigenvalue weighted by atomic mass is 19.1. The largest absolute Gasteiger partial charge is 0.488 e. The summed E-state index contributed by atoms with van der Waals surface area (Å²) in [6.07, 6.45) is 4.90. The molecule has 1 heterocycles. The molecular formula is C29H30FNO. The molecule has 1 aromatic heterocycles. The first kappa shape index (κ1) is 20.8. The van der Waals surface area contributed by atoms with Crippen molar-refractivity contribution in [2.24, 2.45) is 5.92 Å². The van der Waals surface area contributed by atoms with Gasteiger partial charge in [-0.15, -0.1) is 0 Å². The van der Waals surface area contributed by atoms with Gasteiger partial charge in [0.05, 0.1) is 5.52 Å². The summed E-state index contributed by atoms with van der Waals surface area (Å²) in [6, 6.07) is 23.5. The molecular weight excluding hydrogens is 397 g/mol. The van der Waals surface area contributed by atoms with Crippen LogP contribution >= 0.6 is 0 Å². The molecule has 1 aliphatic carbocycles.